The van der Waals surface area contributed by atoms with E-state index in [0.717, 1.165) is 37.2 Å². The molecule has 0 aliphatic carbocycles. The van der Waals surface area contributed by atoms with Crippen molar-refractivity contribution in [2.24, 2.45) is 5.73 Å². The van der Waals surface area contributed by atoms with Gasteiger partial charge >= 0.3 is 0 Å². The third-order valence-electron chi connectivity index (χ3n) is 2.34. The monoisotopic (exact) mass is 272 g/mol. The Balaban J connectivity index is 2.56. The number of methoxy groups -OCH3 is 1. The molecule has 94 valence electrons. The lowest BCUT2D eigenvalue weighted by Crippen LogP contribution is -2.14. The van der Waals surface area contributed by atoms with E-state index >= 15 is 0 Å². The second-order valence-electron chi connectivity index (χ2n) is 3.68. The van der Waals surface area contributed by atoms with Gasteiger partial charge in [-0.25, -0.2) is 0 Å². The molecule has 0 aromatic heterocycles. The van der Waals surface area contributed by atoms with Crippen molar-refractivity contribution in [3.8, 4) is 0 Å². The molecule has 0 aliphatic rings. The zero-order valence-corrected chi connectivity index (χ0v) is 11.4. The number of anilines is 1. The van der Waals surface area contributed by atoms with Gasteiger partial charge in [-0.2, -0.15) is 0 Å². The van der Waals surface area contributed by atoms with Gasteiger partial charge in [0.1, 0.15) is 4.99 Å². The van der Waals surface area contributed by atoms with Gasteiger partial charge in [0.05, 0.1) is 0 Å². The highest BCUT2D eigenvalue weighted by molar-refractivity contribution is 7.80. The molecule has 5 heteroatoms. The first-order valence-electron chi connectivity index (χ1n) is 5.47. The third kappa shape index (κ3) is 4.89. The summed E-state index contributed by atoms with van der Waals surface area (Å²) in [4.78, 5) is 0.376. The van der Waals surface area contributed by atoms with Crippen molar-refractivity contribution in [2.75, 3.05) is 25.6 Å². The van der Waals surface area contributed by atoms with Crippen molar-refractivity contribution < 1.29 is 4.74 Å². The fraction of sp³-hybridized carbons (Fsp3) is 0.417. The highest BCUT2D eigenvalue weighted by Gasteiger charge is 2.05. The molecule has 0 radical (unpaired) electrons. The number of hydrogen-bond acceptors (Lipinski definition) is 3. The normalized spacial score (nSPS) is 10.2. The van der Waals surface area contributed by atoms with Gasteiger partial charge in [-0.3, -0.25) is 0 Å². The maximum atomic E-state index is 5.94. The largest absolute Gasteiger partial charge is 0.389 e. The molecule has 3 nitrogen and oxygen atoms in total. The summed E-state index contributed by atoms with van der Waals surface area (Å²) in [6, 6.07) is 5.46. The van der Waals surface area contributed by atoms with Crippen LogP contribution < -0.4 is 11.1 Å². The van der Waals surface area contributed by atoms with Crippen LogP contribution in [-0.2, 0) is 4.74 Å². The van der Waals surface area contributed by atoms with Crippen molar-refractivity contribution in [1.82, 2.24) is 0 Å². The summed E-state index contributed by atoms with van der Waals surface area (Å²) < 4.78 is 4.99. The molecule has 1 aromatic rings. The average Bonchev–Trinajstić information content (AvgIpc) is 2.28. The van der Waals surface area contributed by atoms with Crippen LogP contribution in [0.5, 0.6) is 0 Å². The van der Waals surface area contributed by atoms with E-state index in [-0.39, 0.29) is 0 Å². The molecule has 0 unspecified atom stereocenters. The second kappa shape index (κ2) is 7.48. The number of nitrogens with one attached hydrogen (secondary N) is 1. The Morgan fingerprint density at radius 1 is 1.47 bits per heavy atom. The maximum Gasteiger partial charge on any atom is 0.106 e. The molecule has 1 rings (SSSR count). The molecule has 3 N–H and O–H groups in total. The molecule has 17 heavy (non-hydrogen) atoms. The van der Waals surface area contributed by atoms with Gasteiger partial charge in [-0.1, -0.05) is 23.8 Å². The maximum absolute atomic E-state index is 5.94. The lowest BCUT2D eigenvalue weighted by Gasteiger charge is -2.11. The van der Waals surface area contributed by atoms with Crippen LogP contribution in [0, 0.1) is 0 Å². The highest BCUT2D eigenvalue weighted by atomic mass is 35.5. The number of benzene rings is 1. The molecule has 1 aromatic carbocycles. The minimum Gasteiger partial charge on any atom is -0.389 e. The van der Waals surface area contributed by atoms with Gasteiger partial charge in [0, 0.05) is 36.5 Å². The van der Waals surface area contributed by atoms with Crippen LogP contribution in [-0.4, -0.2) is 25.2 Å². The molecular formula is C12H17ClN2OS. The fourth-order valence-corrected chi connectivity index (χ4v) is 1.82. The summed E-state index contributed by atoms with van der Waals surface area (Å²) in [5, 5.41) is 3.96. The number of rotatable bonds is 7. The van der Waals surface area contributed by atoms with Gasteiger partial charge in [0.2, 0.25) is 0 Å². The average molecular weight is 273 g/mol. The third-order valence-corrected chi connectivity index (χ3v) is 2.79. The Kier molecular flexibility index (Phi) is 6.26. The summed E-state index contributed by atoms with van der Waals surface area (Å²) in [5.41, 5.74) is 7.37. The Hall–Kier alpha value is -0.840. The van der Waals surface area contributed by atoms with Crippen LogP contribution in [0.25, 0.3) is 0 Å². The Morgan fingerprint density at radius 3 is 2.88 bits per heavy atom. The van der Waals surface area contributed by atoms with Gasteiger partial charge < -0.3 is 15.8 Å². The van der Waals surface area contributed by atoms with Crippen molar-refractivity contribution in [3.05, 3.63) is 28.8 Å². The van der Waals surface area contributed by atoms with E-state index in [1.807, 2.05) is 12.1 Å². The zero-order chi connectivity index (χ0) is 12.7. The van der Waals surface area contributed by atoms with Crippen LogP contribution in [0.15, 0.2) is 18.2 Å². The van der Waals surface area contributed by atoms with E-state index in [4.69, 9.17) is 34.3 Å². The second-order valence-corrected chi connectivity index (χ2v) is 4.56. The number of unbranched alkanes of at least 4 members (excludes halogenated alkanes) is 1. The van der Waals surface area contributed by atoms with Crippen molar-refractivity contribution in [1.29, 1.82) is 0 Å². The molecular weight excluding hydrogens is 256 g/mol. The smallest absolute Gasteiger partial charge is 0.106 e. The standard InChI is InChI=1S/C12H17ClN2OS/c1-16-7-3-2-6-15-11-8-9(13)4-5-10(11)12(14)17/h4-5,8,15H,2-3,6-7H2,1H3,(H2,14,17). The SMILES string of the molecule is COCCCCNc1cc(Cl)ccc1C(N)=S. The predicted octanol–water partition coefficient (Wildman–Crippen LogP) is 2.81. The van der Waals surface area contributed by atoms with Crippen LogP contribution in [0.1, 0.15) is 18.4 Å². The lowest BCUT2D eigenvalue weighted by atomic mass is 10.1. The number of thiocarbonyl (C=S) groups is 1. The van der Waals surface area contributed by atoms with Gasteiger partial charge in [0.15, 0.2) is 0 Å². The molecule has 0 atom stereocenters. The van der Waals surface area contributed by atoms with E-state index in [2.05, 4.69) is 5.32 Å². The van der Waals surface area contributed by atoms with E-state index in [0.29, 0.717) is 10.0 Å². The quantitative estimate of drug-likeness (QED) is 0.592. The number of ether oxygens (including phenoxy) is 1. The van der Waals surface area contributed by atoms with E-state index in [9.17, 15) is 0 Å². The molecule has 0 bridgehead atoms. The molecule has 0 spiro atoms. The van der Waals surface area contributed by atoms with Gasteiger partial charge in [-0.15, -0.1) is 0 Å². The van der Waals surface area contributed by atoms with Crippen molar-refractivity contribution in [3.63, 3.8) is 0 Å². The highest BCUT2D eigenvalue weighted by Crippen LogP contribution is 2.21. The summed E-state index contributed by atoms with van der Waals surface area (Å²) in [5.74, 6) is 0. The minimum absolute atomic E-state index is 0.376. The molecule has 0 saturated heterocycles. The summed E-state index contributed by atoms with van der Waals surface area (Å²) in [6.45, 7) is 1.62. The first-order valence-corrected chi connectivity index (χ1v) is 6.26. The van der Waals surface area contributed by atoms with Gasteiger partial charge in [0.25, 0.3) is 0 Å². The molecule has 0 aliphatic heterocycles. The summed E-state index contributed by atoms with van der Waals surface area (Å²) in [6.07, 6.45) is 2.05. The number of hydrogen-bond donors (Lipinski definition) is 2. The Bertz CT molecular complexity index is 385. The van der Waals surface area contributed by atoms with E-state index in [1.54, 1.807) is 13.2 Å². The Labute approximate surface area is 112 Å². The minimum atomic E-state index is 0.376. The molecule has 0 fully saturated rings. The van der Waals surface area contributed by atoms with Crippen LogP contribution >= 0.6 is 23.8 Å². The lowest BCUT2D eigenvalue weighted by molar-refractivity contribution is 0.194. The van der Waals surface area contributed by atoms with Crippen molar-refractivity contribution in [2.45, 2.75) is 12.8 Å². The van der Waals surface area contributed by atoms with E-state index in [1.165, 1.54) is 0 Å². The fourth-order valence-electron chi connectivity index (χ4n) is 1.47. The topological polar surface area (TPSA) is 47.3 Å². The molecule has 0 saturated carbocycles. The Morgan fingerprint density at radius 2 is 2.24 bits per heavy atom. The first-order chi connectivity index (χ1) is 8.15. The van der Waals surface area contributed by atoms with E-state index < -0.39 is 0 Å². The number of halogens is 1. The summed E-state index contributed by atoms with van der Waals surface area (Å²) >= 11 is 10.9. The van der Waals surface area contributed by atoms with Crippen LogP contribution in [0.4, 0.5) is 5.69 Å². The van der Waals surface area contributed by atoms with Crippen LogP contribution in [0.2, 0.25) is 5.02 Å². The predicted molar refractivity (Wildman–Crippen MR) is 76.9 cm³/mol. The molecule has 0 heterocycles. The number of nitrogens with two attached hydrogens (primary N) is 1. The molecule has 0 amide bonds. The summed E-state index contributed by atoms with van der Waals surface area (Å²) in [7, 11) is 1.70. The zero-order valence-electron chi connectivity index (χ0n) is 9.83. The van der Waals surface area contributed by atoms with Gasteiger partial charge in [-0.05, 0) is 31.0 Å². The van der Waals surface area contributed by atoms with Crippen molar-refractivity contribution >= 4 is 34.5 Å². The first kappa shape index (κ1) is 14.2. The van der Waals surface area contributed by atoms with Crippen LogP contribution in [0.3, 0.4) is 0 Å².